The van der Waals surface area contributed by atoms with Gasteiger partial charge in [-0.15, -0.1) is 11.8 Å². The van der Waals surface area contributed by atoms with Gasteiger partial charge in [0.15, 0.2) is 5.65 Å². The van der Waals surface area contributed by atoms with Gasteiger partial charge in [0.05, 0.1) is 5.75 Å². The highest BCUT2D eigenvalue weighted by atomic mass is 32.2. The first-order valence-corrected chi connectivity index (χ1v) is 8.08. The van der Waals surface area contributed by atoms with E-state index in [0.29, 0.717) is 5.75 Å². The van der Waals surface area contributed by atoms with Gasteiger partial charge in [-0.2, -0.15) is 5.10 Å². The lowest BCUT2D eigenvalue weighted by molar-refractivity contribution is 0.585. The van der Waals surface area contributed by atoms with E-state index >= 15 is 0 Å². The van der Waals surface area contributed by atoms with Gasteiger partial charge in [0.25, 0.3) is 0 Å². The van der Waals surface area contributed by atoms with Crippen molar-refractivity contribution in [3.63, 3.8) is 0 Å². The molecule has 0 radical (unpaired) electrons. The molecule has 0 amide bonds. The quantitative estimate of drug-likeness (QED) is 0.819. The molecule has 18 heavy (non-hydrogen) atoms. The maximum absolute atomic E-state index is 10.9. The predicted molar refractivity (Wildman–Crippen MR) is 70.8 cm³/mol. The molecule has 2 rings (SSSR count). The zero-order chi connectivity index (χ0) is 13.2. The minimum absolute atomic E-state index is 0.00663. The molecule has 0 aromatic carbocycles. The minimum atomic E-state index is -3.40. The van der Waals surface area contributed by atoms with Crippen LogP contribution in [0.1, 0.15) is 6.92 Å². The standard InChI is InChI=1S/C10H14N4O2S2/c1-8(7-18(11,15)16)6-17-10-3-2-9-12-4-5-14(9)13-10/h2-5,8H,6-7H2,1H3,(H2,11,15,16)/t8-/m0/s1. The highest BCUT2D eigenvalue weighted by molar-refractivity contribution is 7.99. The van der Waals surface area contributed by atoms with Crippen molar-refractivity contribution < 1.29 is 8.42 Å². The molecule has 0 aliphatic heterocycles. The molecule has 0 aliphatic carbocycles. The van der Waals surface area contributed by atoms with E-state index in [-0.39, 0.29) is 11.7 Å². The van der Waals surface area contributed by atoms with Crippen molar-refractivity contribution in [2.24, 2.45) is 11.1 Å². The first-order chi connectivity index (χ1) is 8.44. The third kappa shape index (κ3) is 3.69. The van der Waals surface area contributed by atoms with E-state index < -0.39 is 10.0 Å². The lowest BCUT2D eigenvalue weighted by Crippen LogP contribution is -2.22. The largest absolute Gasteiger partial charge is 0.236 e. The fourth-order valence-electron chi connectivity index (χ4n) is 1.55. The first kappa shape index (κ1) is 13.3. The molecule has 0 aliphatic rings. The van der Waals surface area contributed by atoms with Crippen LogP contribution in [0.3, 0.4) is 0 Å². The highest BCUT2D eigenvalue weighted by Gasteiger charge is 2.12. The van der Waals surface area contributed by atoms with Crippen molar-refractivity contribution >= 4 is 27.4 Å². The van der Waals surface area contributed by atoms with Crippen LogP contribution in [0.15, 0.2) is 29.6 Å². The van der Waals surface area contributed by atoms with Gasteiger partial charge in [-0.05, 0) is 18.1 Å². The van der Waals surface area contributed by atoms with E-state index in [1.807, 2.05) is 19.1 Å². The smallest absolute Gasteiger partial charge is 0.209 e. The third-order valence-corrected chi connectivity index (χ3v) is 4.55. The second-order valence-electron chi connectivity index (χ2n) is 4.15. The summed E-state index contributed by atoms with van der Waals surface area (Å²) in [6.07, 6.45) is 3.45. The molecule has 0 saturated carbocycles. The van der Waals surface area contributed by atoms with Crippen molar-refractivity contribution in [1.82, 2.24) is 14.6 Å². The monoisotopic (exact) mass is 286 g/mol. The molecule has 2 N–H and O–H groups in total. The number of primary sulfonamides is 1. The maximum Gasteiger partial charge on any atom is 0.209 e. The zero-order valence-corrected chi connectivity index (χ0v) is 11.5. The number of rotatable bonds is 5. The molecule has 0 unspecified atom stereocenters. The topological polar surface area (TPSA) is 90.3 Å². The average molecular weight is 286 g/mol. The molecule has 6 nitrogen and oxygen atoms in total. The van der Waals surface area contributed by atoms with Crippen LogP contribution < -0.4 is 5.14 Å². The van der Waals surface area contributed by atoms with Crippen LogP contribution in [-0.4, -0.2) is 34.5 Å². The molecule has 0 fully saturated rings. The number of aromatic nitrogens is 3. The Morgan fingerprint density at radius 2 is 2.28 bits per heavy atom. The number of hydrogen-bond donors (Lipinski definition) is 1. The summed E-state index contributed by atoms with van der Waals surface area (Å²) < 4.78 is 23.6. The summed E-state index contributed by atoms with van der Waals surface area (Å²) in [6, 6.07) is 3.75. The maximum atomic E-state index is 10.9. The second-order valence-corrected chi connectivity index (χ2v) is 6.85. The van der Waals surface area contributed by atoms with Crippen LogP contribution in [0.2, 0.25) is 0 Å². The van der Waals surface area contributed by atoms with E-state index in [9.17, 15) is 8.42 Å². The predicted octanol–water partition coefficient (Wildman–Crippen LogP) is 0.746. The van der Waals surface area contributed by atoms with Gasteiger partial charge < -0.3 is 0 Å². The minimum Gasteiger partial charge on any atom is -0.236 e. The van der Waals surface area contributed by atoms with E-state index in [4.69, 9.17) is 5.14 Å². The van der Waals surface area contributed by atoms with E-state index in [2.05, 4.69) is 10.1 Å². The number of hydrogen-bond acceptors (Lipinski definition) is 5. The summed E-state index contributed by atoms with van der Waals surface area (Å²) >= 11 is 1.51. The summed E-state index contributed by atoms with van der Waals surface area (Å²) in [5.41, 5.74) is 0.789. The zero-order valence-electron chi connectivity index (χ0n) is 9.85. The van der Waals surface area contributed by atoms with Crippen LogP contribution >= 0.6 is 11.8 Å². The number of nitrogens with two attached hydrogens (primary N) is 1. The first-order valence-electron chi connectivity index (χ1n) is 5.38. The number of nitrogens with zero attached hydrogens (tertiary/aromatic N) is 3. The molecule has 98 valence electrons. The molecule has 0 bridgehead atoms. The fraction of sp³-hybridized carbons (Fsp3) is 0.400. The van der Waals surface area contributed by atoms with Gasteiger partial charge in [0.2, 0.25) is 10.0 Å². The summed E-state index contributed by atoms with van der Waals surface area (Å²) in [4.78, 5) is 4.10. The Bertz CT molecular complexity index is 638. The van der Waals surface area contributed by atoms with E-state index in [1.54, 1.807) is 16.9 Å². The van der Waals surface area contributed by atoms with Crippen LogP contribution in [0.25, 0.3) is 5.65 Å². The van der Waals surface area contributed by atoms with Crippen molar-refractivity contribution in [1.29, 1.82) is 0 Å². The fourth-order valence-corrected chi connectivity index (χ4v) is 3.49. The van der Waals surface area contributed by atoms with Crippen molar-refractivity contribution in [2.45, 2.75) is 11.9 Å². The second kappa shape index (κ2) is 5.25. The summed E-state index contributed by atoms with van der Waals surface area (Å²) in [7, 11) is -3.40. The molecular formula is C10H14N4O2S2. The average Bonchev–Trinajstić information content (AvgIpc) is 2.71. The number of sulfonamides is 1. The normalized spacial score (nSPS) is 13.9. The van der Waals surface area contributed by atoms with Gasteiger partial charge in [-0.25, -0.2) is 23.1 Å². The number of imidazole rings is 1. The molecule has 2 aromatic rings. The number of thioether (sulfide) groups is 1. The van der Waals surface area contributed by atoms with E-state index in [0.717, 1.165) is 10.7 Å². The van der Waals surface area contributed by atoms with Gasteiger partial charge in [-0.1, -0.05) is 6.92 Å². The van der Waals surface area contributed by atoms with Crippen molar-refractivity contribution in [3.8, 4) is 0 Å². The molecule has 2 aromatic heterocycles. The molecule has 0 saturated heterocycles. The van der Waals surface area contributed by atoms with Gasteiger partial charge in [0, 0.05) is 18.1 Å². The molecule has 2 heterocycles. The third-order valence-electron chi connectivity index (χ3n) is 2.26. The van der Waals surface area contributed by atoms with Crippen LogP contribution in [0, 0.1) is 5.92 Å². The summed E-state index contributed by atoms with van der Waals surface area (Å²) in [5.74, 6) is 0.641. The van der Waals surface area contributed by atoms with E-state index in [1.165, 1.54) is 11.8 Å². The Labute approximate surface area is 110 Å². The SMILES string of the molecule is C[C@@H](CSc1ccc2nccn2n1)CS(N)(=O)=O. The molecule has 8 heteroatoms. The summed E-state index contributed by atoms with van der Waals surface area (Å²) in [5, 5.41) is 10.2. The van der Waals surface area contributed by atoms with Crippen LogP contribution in [0.4, 0.5) is 0 Å². The number of fused-ring (bicyclic) bond motifs is 1. The van der Waals surface area contributed by atoms with Gasteiger partial charge >= 0.3 is 0 Å². The Morgan fingerprint density at radius 1 is 1.50 bits per heavy atom. The Hall–Kier alpha value is -1.12. The Balaban J connectivity index is 1.97. The summed E-state index contributed by atoms with van der Waals surface area (Å²) in [6.45, 7) is 1.85. The Morgan fingerprint density at radius 3 is 3.00 bits per heavy atom. The molecule has 0 spiro atoms. The van der Waals surface area contributed by atoms with Crippen LogP contribution in [-0.2, 0) is 10.0 Å². The highest BCUT2D eigenvalue weighted by Crippen LogP contribution is 2.19. The van der Waals surface area contributed by atoms with Crippen LogP contribution in [0.5, 0.6) is 0 Å². The Kier molecular flexibility index (Phi) is 3.88. The lowest BCUT2D eigenvalue weighted by Gasteiger charge is -2.08. The van der Waals surface area contributed by atoms with Crippen molar-refractivity contribution in [2.75, 3.05) is 11.5 Å². The van der Waals surface area contributed by atoms with Gasteiger partial charge in [0.1, 0.15) is 5.03 Å². The van der Waals surface area contributed by atoms with Gasteiger partial charge in [-0.3, -0.25) is 0 Å². The molecule has 1 atom stereocenters. The molecular weight excluding hydrogens is 272 g/mol. The van der Waals surface area contributed by atoms with Crippen molar-refractivity contribution in [3.05, 3.63) is 24.5 Å². The lowest BCUT2D eigenvalue weighted by atomic mass is 10.3.